The van der Waals surface area contributed by atoms with Gasteiger partial charge in [0.15, 0.2) is 0 Å². The van der Waals surface area contributed by atoms with Gasteiger partial charge in [-0.15, -0.1) is 12.4 Å². The van der Waals surface area contributed by atoms with Crippen molar-refractivity contribution in [3.05, 3.63) is 53.6 Å². The summed E-state index contributed by atoms with van der Waals surface area (Å²) in [6.07, 6.45) is 6.48. The van der Waals surface area contributed by atoms with Crippen LogP contribution in [0.15, 0.2) is 48.0 Å². The Morgan fingerprint density at radius 3 is 2.62 bits per heavy atom. The van der Waals surface area contributed by atoms with Crippen molar-refractivity contribution in [2.24, 2.45) is 11.8 Å². The van der Waals surface area contributed by atoms with Crippen molar-refractivity contribution in [2.45, 2.75) is 38.1 Å². The fourth-order valence-corrected chi connectivity index (χ4v) is 5.56. The van der Waals surface area contributed by atoms with Crippen molar-refractivity contribution in [3.63, 3.8) is 0 Å². The highest BCUT2D eigenvalue weighted by Gasteiger charge is 2.40. The highest BCUT2D eigenvalue weighted by atomic mass is 35.5. The van der Waals surface area contributed by atoms with Crippen molar-refractivity contribution in [1.82, 2.24) is 4.90 Å². The van der Waals surface area contributed by atoms with E-state index in [9.17, 15) is 5.11 Å². The first kappa shape index (κ1) is 18.0. The molecule has 2 aliphatic carbocycles. The van der Waals surface area contributed by atoms with Gasteiger partial charge in [-0.25, -0.2) is 0 Å². The minimum atomic E-state index is 0. The van der Waals surface area contributed by atoms with Gasteiger partial charge in [0.05, 0.1) is 6.61 Å². The third kappa shape index (κ3) is 2.98. The SMILES string of the molecule is Cl.OC[C@H]1CCCN1CC1=C(c2ccc3ccccc3c2)C2CCC1C2. The fourth-order valence-electron chi connectivity index (χ4n) is 5.56. The zero-order valence-corrected chi connectivity index (χ0v) is 16.0. The number of hydrogen-bond acceptors (Lipinski definition) is 2. The van der Waals surface area contributed by atoms with Crippen LogP contribution < -0.4 is 0 Å². The highest BCUT2D eigenvalue weighted by Crippen LogP contribution is 2.53. The third-order valence-corrected chi connectivity index (χ3v) is 6.82. The molecule has 3 atom stereocenters. The maximum Gasteiger partial charge on any atom is 0.0587 e. The summed E-state index contributed by atoms with van der Waals surface area (Å²) in [5.74, 6) is 1.54. The molecule has 0 spiro atoms. The molecule has 1 heterocycles. The molecule has 2 bridgehead atoms. The van der Waals surface area contributed by atoms with Gasteiger partial charge in [-0.05, 0) is 84.0 Å². The Bertz CT molecular complexity index is 830. The number of aliphatic hydroxyl groups excluding tert-OH is 1. The van der Waals surface area contributed by atoms with Gasteiger partial charge >= 0.3 is 0 Å². The van der Waals surface area contributed by atoms with Crippen molar-refractivity contribution in [2.75, 3.05) is 19.7 Å². The predicted octanol–water partition coefficient (Wildman–Crippen LogP) is 4.90. The van der Waals surface area contributed by atoms with Gasteiger partial charge in [0.2, 0.25) is 0 Å². The molecule has 2 fully saturated rings. The quantitative estimate of drug-likeness (QED) is 0.828. The van der Waals surface area contributed by atoms with Crippen LogP contribution in [0.3, 0.4) is 0 Å². The average Bonchev–Trinajstić information content (AvgIpc) is 3.37. The number of hydrogen-bond donors (Lipinski definition) is 1. The Balaban J connectivity index is 0.00000168. The monoisotopic (exact) mass is 369 g/mol. The van der Waals surface area contributed by atoms with Crippen LogP contribution in [0.1, 0.15) is 37.7 Å². The molecule has 1 aliphatic heterocycles. The van der Waals surface area contributed by atoms with E-state index in [-0.39, 0.29) is 12.4 Å². The van der Waals surface area contributed by atoms with Gasteiger partial charge in [0.1, 0.15) is 0 Å². The van der Waals surface area contributed by atoms with E-state index in [1.54, 1.807) is 11.1 Å². The number of benzene rings is 2. The molecule has 0 amide bonds. The standard InChI is InChI=1S/C23H27NO.ClH/c25-15-21-6-3-11-24(21)14-22-18-8-10-20(13-18)23(22)19-9-7-16-4-1-2-5-17(16)12-19;/h1-2,4-5,7,9,12,18,20-21,25H,3,6,8,10-11,13-15H2;1H/t18?,20?,21-;/m1./s1. The summed E-state index contributed by atoms with van der Waals surface area (Å²) in [6, 6.07) is 16.1. The summed E-state index contributed by atoms with van der Waals surface area (Å²) in [7, 11) is 0. The summed E-state index contributed by atoms with van der Waals surface area (Å²) < 4.78 is 0. The van der Waals surface area contributed by atoms with E-state index in [1.165, 1.54) is 42.0 Å². The largest absolute Gasteiger partial charge is 0.395 e. The summed E-state index contributed by atoms with van der Waals surface area (Å²) in [4.78, 5) is 2.54. The predicted molar refractivity (Wildman–Crippen MR) is 111 cm³/mol. The van der Waals surface area contributed by atoms with Crippen molar-refractivity contribution >= 4 is 28.8 Å². The molecule has 0 radical (unpaired) electrons. The van der Waals surface area contributed by atoms with Crippen LogP contribution in [-0.2, 0) is 0 Å². The Hall–Kier alpha value is -1.35. The summed E-state index contributed by atoms with van der Waals surface area (Å²) in [5, 5.41) is 12.4. The minimum absolute atomic E-state index is 0. The van der Waals surface area contributed by atoms with Crippen molar-refractivity contribution in [1.29, 1.82) is 0 Å². The number of likely N-dealkylation sites (tertiary alicyclic amines) is 1. The van der Waals surface area contributed by atoms with Gasteiger partial charge in [-0.3, -0.25) is 4.90 Å². The lowest BCUT2D eigenvalue weighted by Crippen LogP contribution is -2.34. The van der Waals surface area contributed by atoms with E-state index in [4.69, 9.17) is 0 Å². The molecule has 26 heavy (non-hydrogen) atoms. The number of allylic oxidation sites excluding steroid dienone is 1. The van der Waals surface area contributed by atoms with Crippen molar-refractivity contribution < 1.29 is 5.11 Å². The topological polar surface area (TPSA) is 23.5 Å². The smallest absolute Gasteiger partial charge is 0.0587 e. The fraction of sp³-hybridized carbons (Fsp3) is 0.478. The number of fused-ring (bicyclic) bond motifs is 3. The normalized spacial score (nSPS) is 28.1. The maximum atomic E-state index is 9.69. The number of nitrogens with zero attached hydrogens (tertiary/aromatic N) is 1. The van der Waals surface area contributed by atoms with E-state index in [2.05, 4.69) is 47.4 Å². The molecule has 2 aromatic rings. The molecule has 138 valence electrons. The Morgan fingerprint density at radius 1 is 0.962 bits per heavy atom. The van der Waals surface area contributed by atoms with Crippen LogP contribution in [0, 0.1) is 11.8 Å². The Morgan fingerprint density at radius 2 is 1.77 bits per heavy atom. The minimum Gasteiger partial charge on any atom is -0.395 e. The number of aliphatic hydroxyl groups is 1. The molecular weight excluding hydrogens is 342 g/mol. The van der Waals surface area contributed by atoms with Crippen LogP contribution in [0.2, 0.25) is 0 Å². The van der Waals surface area contributed by atoms with Gasteiger partial charge in [0.25, 0.3) is 0 Å². The second-order valence-corrected chi connectivity index (χ2v) is 8.16. The van der Waals surface area contributed by atoms with Crippen LogP contribution >= 0.6 is 12.4 Å². The second kappa shape index (κ2) is 7.34. The Kier molecular flexibility index (Phi) is 5.09. The summed E-state index contributed by atoms with van der Waals surface area (Å²) in [5.41, 5.74) is 4.78. The zero-order chi connectivity index (χ0) is 16.8. The van der Waals surface area contributed by atoms with Gasteiger partial charge in [-0.1, -0.05) is 36.4 Å². The lowest BCUT2D eigenvalue weighted by Gasteiger charge is -2.28. The first-order valence-corrected chi connectivity index (χ1v) is 9.90. The lowest BCUT2D eigenvalue weighted by molar-refractivity contribution is 0.165. The molecule has 3 aliphatic rings. The maximum absolute atomic E-state index is 9.69. The van der Waals surface area contributed by atoms with Crippen LogP contribution in [-0.4, -0.2) is 35.7 Å². The van der Waals surface area contributed by atoms with Crippen LogP contribution in [0.4, 0.5) is 0 Å². The molecule has 1 saturated carbocycles. The van der Waals surface area contributed by atoms with Gasteiger partial charge in [-0.2, -0.15) is 0 Å². The molecule has 1 N–H and O–H groups in total. The average molecular weight is 370 g/mol. The molecule has 2 unspecified atom stereocenters. The molecule has 3 heteroatoms. The molecule has 2 aromatic carbocycles. The third-order valence-electron chi connectivity index (χ3n) is 6.82. The zero-order valence-electron chi connectivity index (χ0n) is 15.2. The summed E-state index contributed by atoms with van der Waals surface area (Å²) >= 11 is 0. The van der Waals surface area contributed by atoms with Gasteiger partial charge in [0, 0.05) is 12.6 Å². The van der Waals surface area contributed by atoms with E-state index in [0.717, 1.165) is 31.3 Å². The van der Waals surface area contributed by atoms with E-state index in [1.807, 2.05) is 0 Å². The van der Waals surface area contributed by atoms with E-state index < -0.39 is 0 Å². The lowest BCUT2D eigenvalue weighted by atomic mass is 9.86. The number of halogens is 1. The van der Waals surface area contributed by atoms with Gasteiger partial charge < -0.3 is 5.11 Å². The van der Waals surface area contributed by atoms with Crippen molar-refractivity contribution in [3.8, 4) is 0 Å². The number of rotatable bonds is 4. The molecular formula is C23H28ClNO. The Labute approximate surface area is 162 Å². The first-order valence-electron chi connectivity index (χ1n) is 9.90. The molecule has 5 rings (SSSR count). The summed E-state index contributed by atoms with van der Waals surface area (Å²) in [6.45, 7) is 2.54. The molecule has 2 nitrogen and oxygen atoms in total. The van der Waals surface area contributed by atoms with Crippen LogP contribution in [0.25, 0.3) is 16.3 Å². The molecule has 0 aromatic heterocycles. The first-order chi connectivity index (χ1) is 12.3. The van der Waals surface area contributed by atoms with E-state index >= 15 is 0 Å². The molecule has 1 saturated heterocycles. The second-order valence-electron chi connectivity index (χ2n) is 8.16. The van der Waals surface area contributed by atoms with E-state index in [0.29, 0.717) is 12.6 Å². The van der Waals surface area contributed by atoms with Crippen LogP contribution in [0.5, 0.6) is 0 Å². The highest BCUT2D eigenvalue weighted by molar-refractivity contribution is 5.87.